The molecule has 1 fully saturated rings. The van der Waals surface area contributed by atoms with Crippen LogP contribution < -0.4 is 5.32 Å². The summed E-state index contributed by atoms with van der Waals surface area (Å²) in [6.45, 7) is 1.42. The first-order chi connectivity index (χ1) is 5.54. The van der Waals surface area contributed by atoms with Crippen molar-refractivity contribution in [2.24, 2.45) is 0 Å². The Labute approximate surface area is 69.1 Å². The maximum atomic E-state index is 11.8. The average Bonchev–Trinajstić information content (AvgIpc) is 2.30. The summed E-state index contributed by atoms with van der Waals surface area (Å²) in [6.07, 6.45) is -1.98. The smallest absolute Gasteiger partial charge is 0.326 e. The Hall–Kier alpha value is -0.710. The van der Waals surface area contributed by atoms with Crippen LogP contribution in [0, 0.1) is 0 Å². The van der Waals surface area contributed by atoms with E-state index < -0.39 is 24.5 Å². The number of nitrogens with one attached hydrogen (secondary N) is 1. The van der Waals surface area contributed by atoms with Crippen LogP contribution in [-0.4, -0.2) is 31.1 Å². The van der Waals surface area contributed by atoms with Crippen LogP contribution >= 0.6 is 0 Å². The normalized spacial score (nSPS) is 29.5. The van der Waals surface area contributed by atoms with E-state index in [-0.39, 0.29) is 0 Å². The van der Waals surface area contributed by atoms with Gasteiger partial charge in [0.25, 0.3) is 6.43 Å². The van der Waals surface area contributed by atoms with Crippen LogP contribution in [0.1, 0.15) is 13.3 Å². The lowest BCUT2D eigenvalue weighted by molar-refractivity contribution is -0.143. The number of hydrogen-bond acceptors (Lipinski definition) is 3. The lowest BCUT2D eigenvalue weighted by Crippen LogP contribution is -2.48. The molecule has 3 nitrogen and oxygen atoms in total. The van der Waals surface area contributed by atoms with Crippen LogP contribution in [0.5, 0.6) is 0 Å². The molecule has 0 bridgehead atoms. The van der Waals surface area contributed by atoms with Gasteiger partial charge in [-0.25, -0.2) is 8.78 Å². The summed E-state index contributed by atoms with van der Waals surface area (Å²) in [5.41, 5.74) is -0.906. The van der Waals surface area contributed by atoms with Crippen molar-refractivity contribution in [3.8, 4) is 0 Å². The zero-order valence-corrected chi connectivity index (χ0v) is 6.77. The third kappa shape index (κ3) is 1.91. The number of halogens is 2. The van der Waals surface area contributed by atoms with E-state index in [0.29, 0.717) is 13.0 Å². The highest BCUT2D eigenvalue weighted by Gasteiger charge is 2.39. The maximum absolute atomic E-state index is 11.8. The van der Waals surface area contributed by atoms with E-state index in [1.54, 1.807) is 6.92 Å². The minimum atomic E-state index is -2.43. The summed E-state index contributed by atoms with van der Waals surface area (Å²) in [4.78, 5) is 11.0. The van der Waals surface area contributed by atoms with Crippen molar-refractivity contribution in [3.63, 3.8) is 0 Å². The van der Waals surface area contributed by atoms with Crippen molar-refractivity contribution >= 4 is 5.97 Å². The monoisotopic (exact) mass is 179 g/mol. The number of rotatable bonds is 3. The SMILES string of the molecule is CC1(NCC(F)F)CCOC1=O. The van der Waals surface area contributed by atoms with Gasteiger partial charge >= 0.3 is 5.97 Å². The van der Waals surface area contributed by atoms with Crippen LogP contribution in [-0.2, 0) is 9.53 Å². The van der Waals surface area contributed by atoms with Crippen LogP contribution in [0.4, 0.5) is 8.78 Å². The van der Waals surface area contributed by atoms with E-state index in [9.17, 15) is 13.6 Å². The first kappa shape index (κ1) is 9.38. The zero-order chi connectivity index (χ0) is 9.19. The highest BCUT2D eigenvalue weighted by atomic mass is 19.3. The van der Waals surface area contributed by atoms with Gasteiger partial charge in [0, 0.05) is 6.42 Å². The van der Waals surface area contributed by atoms with Gasteiger partial charge < -0.3 is 4.74 Å². The fourth-order valence-electron chi connectivity index (χ4n) is 1.07. The number of alkyl halides is 2. The Morgan fingerprint density at radius 3 is 2.83 bits per heavy atom. The lowest BCUT2D eigenvalue weighted by atomic mass is 10.0. The molecule has 1 heterocycles. The number of carbonyl (C=O) groups excluding carboxylic acids is 1. The van der Waals surface area contributed by atoms with Crippen LogP contribution in [0.15, 0.2) is 0 Å². The number of cyclic esters (lactones) is 1. The van der Waals surface area contributed by atoms with E-state index in [1.165, 1.54) is 0 Å². The summed E-state index contributed by atoms with van der Waals surface area (Å²) >= 11 is 0. The van der Waals surface area contributed by atoms with Gasteiger partial charge in [-0.1, -0.05) is 0 Å². The summed E-state index contributed by atoms with van der Waals surface area (Å²) in [7, 11) is 0. The molecular weight excluding hydrogens is 168 g/mol. The molecule has 0 saturated carbocycles. The Kier molecular flexibility index (Phi) is 2.62. The maximum Gasteiger partial charge on any atom is 0.326 e. The molecule has 1 N–H and O–H groups in total. The molecular formula is C7H11F2NO2. The minimum absolute atomic E-state index is 0.311. The molecule has 0 amide bonds. The lowest BCUT2D eigenvalue weighted by Gasteiger charge is -2.20. The van der Waals surface area contributed by atoms with Gasteiger partial charge in [-0.15, -0.1) is 0 Å². The third-order valence-electron chi connectivity index (χ3n) is 1.93. The van der Waals surface area contributed by atoms with Gasteiger partial charge in [0.2, 0.25) is 0 Å². The van der Waals surface area contributed by atoms with Gasteiger partial charge in [-0.05, 0) is 6.92 Å². The molecule has 0 aromatic heterocycles. The number of hydrogen-bond donors (Lipinski definition) is 1. The van der Waals surface area contributed by atoms with Gasteiger partial charge in [0.1, 0.15) is 5.54 Å². The zero-order valence-electron chi connectivity index (χ0n) is 6.77. The summed E-state index contributed by atoms with van der Waals surface area (Å²) in [5.74, 6) is -0.442. The van der Waals surface area contributed by atoms with Crippen molar-refractivity contribution in [2.75, 3.05) is 13.2 Å². The van der Waals surface area contributed by atoms with Crippen molar-refractivity contribution in [1.82, 2.24) is 5.32 Å². The molecule has 12 heavy (non-hydrogen) atoms. The van der Waals surface area contributed by atoms with E-state index >= 15 is 0 Å². The Balaban J connectivity index is 2.43. The Morgan fingerprint density at radius 2 is 2.42 bits per heavy atom. The topological polar surface area (TPSA) is 38.3 Å². The molecule has 70 valence electrons. The minimum Gasteiger partial charge on any atom is -0.464 e. The van der Waals surface area contributed by atoms with Crippen molar-refractivity contribution in [1.29, 1.82) is 0 Å². The van der Waals surface area contributed by atoms with Crippen LogP contribution in [0.25, 0.3) is 0 Å². The molecule has 1 aliphatic heterocycles. The van der Waals surface area contributed by atoms with E-state index in [1.807, 2.05) is 0 Å². The van der Waals surface area contributed by atoms with Crippen LogP contribution in [0.2, 0.25) is 0 Å². The molecule has 0 aromatic rings. The second-order valence-electron chi connectivity index (χ2n) is 2.99. The standard InChI is InChI=1S/C7H11F2NO2/c1-7(10-4-5(8)9)2-3-12-6(7)11/h5,10H,2-4H2,1H3. The summed E-state index contributed by atoms with van der Waals surface area (Å²) in [6, 6.07) is 0. The number of carbonyl (C=O) groups is 1. The first-order valence-corrected chi connectivity index (χ1v) is 3.75. The molecule has 0 radical (unpaired) electrons. The third-order valence-corrected chi connectivity index (χ3v) is 1.93. The largest absolute Gasteiger partial charge is 0.464 e. The van der Waals surface area contributed by atoms with Gasteiger partial charge in [-0.2, -0.15) is 0 Å². The van der Waals surface area contributed by atoms with Crippen molar-refractivity contribution in [2.45, 2.75) is 25.3 Å². The molecule has 5 heteroatoms. The van der Waals surface area contributed by atoms with Crippen molar-refractivity contribution in [3.05, 3.63) is 0 Å². The Morgan fingerprint density at radius 1 is 1.75 bits per heavy atom. The molecule has 1 aliphatic rings. The molecule has 1 saturated heterocycles. The number of esters is 1. The fourth-order valence-corrected chi connectivity index (χ4v) is 1.07. The van der Waals surface area contributed by atoms with Crippen LogP contribution in [0.3, 0.4) is 0 Å². The van der Waals surface area contributed by atoms with E-state index in [4.69, 9.17) is 0 Å². The van der Waals surface area contributed by atoms with Gasteiger partial charge in [-0.3, -0.25) is 10.1 Å². The fraction of sp³-hybridized carbons (Fsp3) is 0.857. The summed E-state index contributed by atoms with van der Waals surface area (Å²) in [5, 5.41) is 2.48. The van der Waals surface area contributed by atoms with Gasteiger partial charge in [0.15, 0.2) is 0 Å². The number of ether oxygens (including phenoxy) is 1. The first-order valence-electron chi connectivity index (χ1n) is 3.75. The quantitative estimate of drug-likeness (QED) is 0.643. The second kappa shape index (κ2) is 3.35. The van der Waals surface area contributed by atoms with E-state index in [0.717, 1.165) is 0 Å². The van der Waals surface area contributed by atoms with Crippen molar-refractivity contribution < 1.29 is 18.3 Å². The molecule has 0 aromatic carbocycles. The molecule has 1 rings (SSSR count). The highest BCUT2D eigenvalue weighted by Crippen LogP contribution is 2.19. The molecule has 0 aliphatic carbocycles. The molecule has 1 atom stereocenters. The second-order valence-corrected chi connectivity index (χ2v) is 2.99. The summed E-state index contributed by atoms with van der Waals surface area (Å²) < 4.78 is 28.2. The van der Waals surface area contributed by atoms with E-state index in [2.05, 4.69) is 10.1 Å². The Bertz CT molecular complexity index is 186. The predicted molar refractivity (Wildman–Crippen MR) is 38.0 cm³/mol. The molecule has 1 unspecified atom stereocenters. The molecule has 0 spiro atoms. The van der Waals surface area contributed by atoms with Gasteiger partial charge in [0.05, 0.1) is 13.2 Å². The average molecular weight is 179 g/mol. The highest BCUT2D eigenvalue weighted by molar-refractivity contribution is 5.82. The predicted octanol–water partition coefficient (Wildman–Crippen LogP) is 0.547.